The van der Waals surface area contributed by atoms with E-state index in [1.807, 2.05) is 0 Å². The Kier molecular flexibility index (Phi) is 3.19. The average Bonchev–Trinajstić information content (AvgIpc) is 2.29. The van der Waals surface area contributed by atoms with E-state index in [1.165, 1.54) is 0 Å². The van der Waals surface area contributed by atoms with Crippen LogP contribution in [0.4, 0.5) is 24.7 Å². The SMILES string of the molecule is Fc1cc(F)c(Nc2ccccc2Cl)nc1F. The Balaban J connectivity index is 2.37. The maximum Gasteiger partial charge on any atom is 0.251 e. The molecule has 0 atom stereocenters. The topological polar surface area (TPSA) is 24.9 Å². The molecule has 0 aliphatic carbocycles. The van der Waals surface area contributed by atoms with E-state index in [-0.39, 0.29) is 0 Å². The van der Waals surface area contributed by atoms with Gasteiger partial charge in [-0.15, -0.1) is 0 Å². The number of nitrogens with one attached hydrogen (secondary N) is 1. The summed E-state index contributed by atoms with van der Waals surface area (Å²) in [4.78, 5) is 3.12. The first-order valence-corrected chi connectivity index (χ1v) is 4.99. The lowest BCUT2D eigenvalue weighted by Crippen LogP contribution is -2.01. The highest BCUT2D eigenvalue weighted by molar-refractivity contribution is 6.33. The zero-order valence-corrected chi connectivity index (χ0v) is 9.10. The lowest BCUT2D eigenvalue weighted by Gasteiger charge is -2.08. The lowest BCUT2D eigenvalue weighted by atomic mass is 10.3. The normalized spacial score (nSPS) is 10.4. The number of hydrogen-bond acceptors (Lipinski definition) is 2. The van der Waals surface area contributed by atoms with E-state index >= 15 is 0 Å². The van der Waals surface area contributed by atoms with Crippen LogP contribution >= 0.6 is 11.6 Å². The molecule has 0 aliphatic rings. The van der Waals surface area contributed by atoms with Gasteiger partial charge in [0.2, 0.25) is 0 Å². The van der Waals surface area contributed by atoms with Gasteiger partial charge in [0, 0.05) is 6.07 Å². The number of anilines is 2. The molecule has 0 bridgehead atoms. The molecule has 2 rings (SSSR count). The first kappa shape index (κ1) is 11.7. The molecule has 0 aliphatic heterocycles. The summed E-state index contributed by atoms with van der Waals surface area (Å²) < 4.78 is 38.8. The second kappa shape index (κ2) is 4.63. The van der Waals surface area contributed by atoms with Crippen molar-refractivity contribution in [2.75, 3.05) is 5.32 Å². The molecule has 0 spiro atoms. The number of nitrogens with zero attached hydrogens (tertiary/aromatic N) is 1. The van der Waals surface area contributed by atoms with Crippen molar-refractivity contribution in [2.24, 2.45) is 0 Å². The largest absolute Gasteiger partial charge is 0.336 e. The minimum Gasteiger partial charge on any atom is -0.336 e. The summed E-state index contributed by atoms with van der Waals surface area (Å²) in [5, 5.41) is 2.80. The summed E-state index contributed by atoms with van der Waals surface area (Å²) in [6, 6.07) is 6.89. The van der Waals surface area contributed by atoms with E-state index in [1.54, 1.807) is 24.3 Å². The van der Waals surface area contributed by atoms with Gasteiger partial charge in [-0.1, -0.05) is 23.7 Å². The Bertz CT molecular complexity index is 560. The van der Waals surface area contributed by atoms with Gasteiger partial charge in [-0.25, -0.2) is 8.78 Å². The van der Waals surface area contributed by atoms with Gasteiger partial charge in [0.1, 0.15) is 0 Å². The molecule has 6 heteroatoms. The molecule has 0 unspecified atom stereocenters. The van der Waals surface area contributed by atoms with Crippen LogP contribution in [0.2, 0.25) is 5.02 Å². The van der Waals surface area contributed by atoms with Crippen molar-refractivity contribution < 1.29 is 13.2 Å². The van der Waals surface area contributed by atoms with Crippen LogP contribution < -0.4 is 5.32 Å². The van der Waals surface area contributed by atoms with Gasteiger partial charge in [-0.05, 0) is 12.1 Å². The molecular formula is C11H6ClF3N2. The standard InChI is InChI=1S/C11H6ClF3N2/c12-6-3-1-2-4-9(6)16-11-8(14)5-7(13)10(15)17-11/h1-5H,(H,16,17). The molecular weight excluding hydrogens is 253 g/mol. The maximum absolute atomic E-state index is 13.3. The molecule has 0 fully saturated rings. The highest BCUT2D eigenvalue weighted by Gasteiger charge is 2.12. The molecule has 88 valence electrons. The van der Waals surface area contributed by atoms with E-state index in [9.17, 15) is 13.2 Å². The number of aromatic nitrogens is 1. The van der Waals surface area contributed by atoms with Crippen LogP contribution in [0.1, 0.15) is 0 Å². The lowest BCUT2D eigenvalue weighted by molar-refractivity contribution is 0.467. The molecule has 0 amide bonds. The van der Waals surface area contributed by atoms with E-state index in [0.717, 1.165) is 0 Å². The summed E-state index contributed by atoms with van der Waals surface area (Å²) in [6.45, 7) is 0. The van der Waals surface area contributed by atoms with E-state index in [4.69, 9.17) is 11.6 Å². The second-order valence-corrected chi connectivity index (χ2v) is 3.60. The van der Waals surface area contributed by atoms with Crippen LogP contribution in [0.25, 0.3) is 0 Å². The predicted molar refractivity (Wildman–Crippen MR) is 58.8 cm³/mol. The minimum atomic E-state index is -1.37. The Hall–Kier alpha value is -1.75. The molecule has 2 aromatic rings. The Morgan fingerprint density at radius 2 is 1.76 bits per heavy atom. The number of benzene rings is 1. The van der Waals surface area contributed by atoms with Gasteiger partial charge in [-0.2, -0.15) is 9.37 Å². The highest BCUT2D eigenvalue weighted by Crippen LogP contribution is 2.25. The zero-order valence-electron chi connectivity index (χ0n) is 8.35. The van der Waals surface area contributed by atoms with E-state index in [2.05, 4.69) is 10.3 Å². The third-order valence-electron chi connectivity index (χ3n) is 2.01. The van der Waals surface area contributed by atoms with Crippen molar-refractivity contribution in [2.45, 2.75) is 0 Å². The summed E-state index contributed by atoms with van der Waals surface area (Å²) in [6.07, 6.45) is 0. The molecule has 0 radical (unpaired) electrons. The first-order valence-electron chi connectivity index (χ1n) is 4.61. The Morgan fingerprint density at radius 1 is 1.06 bits per heavy atom. The third-order valence-corrected chi connectivity index (χ3v) is 2.34. The van der Waals surface area contributed by atoms with Crippen LogP contribution in [0.15, 0.2) is 30.3 Å². The van der Waals surface area contributed by atoms with Crippen LogP contribution in [-0.2, 0) is 0 Å². The van der Waals surface area contributed by atoms with E-state index in [0.29, 0.717) is 16.8 Å². The van der Waals surface area contributed by atoms with Gasteiger partial charge < -0.3 is 5.32 Å². The van der Waals surface area contributed by atoms with Gasteiger partial charge in [0.25, 0.3) is 5.95 Å². The first-order chi connectivity index (χ1) is 8.08. The van der Waals surface area contributed by atoms with Gasteiger partial charge in [-0.3, -0.25) is 0 Å². The fourth-order valence-corrected chi connectivity index (χ4v) is 1.40. The van der Waals surface area contributed by atoms with Crippen molar-refractivity contribution >= 4 is 23.1 Å². The third kappa shape index (κ3) is 2.50. The van der Waals surface area contributed by atoms with Crippen LogP contribution in [0.3, 0.4) is 0 Å². The summed E-state index contributed by atoms with van der Waals surface area (Å²) >= 11 is 5.82. The Labute approximate surface area is 100 Å². The molecule has 1 aromatic heterocycles. The smallest absolute Gasteiger partial charge is 0.251 e. The van der Waals surface area contributed by atoms with Crippen molar-refractivity contribution in [3.05, 3.63) is 52.9 Å². The zero-order chi connectivity index (χ0) is 12.4. The number of halogens is 4. The number of rotatable bonds is 2. The van der Waals surface area contributed by atoms with Crippen molar-refractivity contribution in [3.63, 3.8) is 0 Å². The number of hydrogen-bond donors (Lipinski definition) is 1. The fourth-order valence-electron chi connectivity index (χ4n) is 1.22. The molecule has 1 aromatic carbocycles. The fraction of sp³-hybridized carbons (Fsp3) is 0. The molecule has 17 heavy (non-hydrogen) atoms. The van der Waals surface area contributed by atoms with Gasteiger partial charge >= 0.3 is 0 Å². The van der Waals surface area contributed by atoms with Crippen LogP contribution in [0, 0.1) is 17.6 Å². The minimum absolute atomic E-state index is 0.318. The quantitative estimate of drug-likeness (QED) is 0.827. The van der Waals surface area contributed by atoms with Crippen LogP contribution in [-0.4, -0.2) is 4.98 Å². The number of para-hydroxylation sites is 1. The van der Waals surface area contributed by atoms with Crippen molar-refractivity contribution in [3.8, 4) is 0 Å². The molecule has 1 N–H and O–H groups in total. The van der Waals surface area contributed by atoms with Crippen molar-refractivity contribution in [1.82, 2.24) is 4.98 Å². The summed E-state index contributed by atoms with van der Waals surface area (Å²) in [7, 11) is 0. The predicted octanol–water partition coefficient (Wildman–Crippen LogP) is 3.90. The number of pyridine rings is 1. The molecule has 0 saturated heterocycles. The summed E-state index contributed by atoms with van der Waals surface area (Å²) in [5.41, 5.74) is 0.353. The average molecular weight is 259 g/mol. The van der Waals surface area contributed by atoms with Crippen LogP contribution in [0.5, 0.6) is 0 Å². The highest BCUT2D eigenvalue weighted by atomic mass is 35.5. The van der Waals surface area contributed by atoms with E-state index < -0.39 is 23.4 Å². The van der Waals surface area contributed by atoms with Gasteiger partial charge in [0.05, 0.1) is 10.7 Å². The molecule has 0 saturated carbocycles. The molecule has 1 heterocycles. The summed E-state index contributed by atoms with van der Waals surface area (Å²) in [5.74, 6) is -4.13. The Morgan fingerprint density at radius 3 is 2.47 bits per heavy atom. The second-order valence-electron chi connectivity index (χ2n) is 3.20. The maximum atomic E-state index is 13.3. The monoisotopic (exact) mass is 258 g/mol. The van der Waals surface area contributed by atoms with Gasteiger partial charge in [0.15, 0.2) is 17.5 Å². The molecule has 2 nitrogen and oxygen atoms in total. The van der Waals surface area contributed by atoms with Crippen molar-refractivity contribution in [1.29, 1.82) is 0 Å².